The second-order valence-corrected chi connectivity index (χ2v) is 7.04. The topological polar surface area (TPSA) is 58.1 Å². The van der Waals surface area contributed by atoms with Gasteiger partial charge in [-0.2, -0.15) is 0 Å². The predicted octanol–water partition coefficient (Wildman–Crippen LogP) is 4.73. The number of aromatic nitrogens is 2. The first-order chi connectivity index (χ1) is 13.1. The van der Waals surface area contributed by atoms with Crippen LogP contribution in [0.25, 0.3) is 0 Å². The minimum Gasteiger partial charge on any atom is -0.338 e. The highest BCUT2D eigenvalue weighted by atomic mass is 35.5. The lowest BCUT2D eigenvalue weighted by Crippen LogP contribution is -2.36. The molecule has 0 saturated heterocycles. The molecule has 4 rings (SSSR count). The largest absolute Gasteiger partial charge is 0.338 e. The molecule has 0 spiro atoms. The van der Waals surface area contributed by atoms with Crippen molar-refractivity contribution in [2.75, 3.05) is 11.9 Å². The number of anilines is 2. The van der Waals surface area contributed by atoms with Gasteiger partial charge in [-0.25, -0.2) is 9.97 Å². The summed E-state index contributed by atoms with van der Waals surface area (Å²) in [7, 11) is 0. The molecular weight excluding hydrogens is 383 g/mol. The molecule has 1 amide bonds. The van der Waals surface area contributed by atoms with Gasteiger partial charge in [0.2, 0.25) is 0 Å². The van der Waals surface area contributed by atoms with Crippen LogP contribution in [0, 0.1) is 0 Å². The molecular formula is C20H16Cl2N4O. The quantitative estimate of drug-likeness (QED) is 0.692. The van der Waals surface area contributed by atoms with Gasteiger partial charge in [0.1, 0.15) is 11.5 Å². The molecule has 5 nitrogen and oxygen atoms in total. The molecule has 7 heteroatoms. The third kappa shape index (κ3) is 3.75. The van der Waals surface area contributed by atoms with Crippen molar-refractivity contribution in [3.05, 3.63) is 81.7 Å². The molecule has 3 aromatic rings. The van der Waals surface area contributed by atoms with E-state index in [0.29, 0.717) is 40.3 Å². The molecule has 0 bridgehead atoms. The Morgan fingerprint density at radius 2 is 1.81 bits per heavy atom. The second kappa shape index (κ2) is 7.55. The Morgan fingerprint density at radius 1 is 1.00 bits per heavy atom. The number of amides is 1. The van der Waals surface area contributed by atoms with Crippen LogP contribution in [0.3, 0.4) is 0 Å². The molecule has 0 saturated carbocycles. The Balaban J connectivity index is 1.47. The van der Waals surface area contributed by atoms with Crippen LogP contribution in [0.1, 0.15) is 21.6 Å². The van der Waals surface area contributed by atoms with Gasteiger partial charge in [0.15, 0.2) is 0 Å². The number of nitrogens with zero attached hydrogens (tertiary/aromatic N) is 3. The van der Waals surface area contributed by atoms with E-state index in [1.807, 2.05) is 12.1 Å². The van der Waals surface area contributed by atoms with Gasteiger partial charge in [-0.05, 0) is 29.7 Å². The van der Waals surface area contributed by atoms with Crippen LogP contribution in [-0.4, -0.2) is 27.3 Å². The van der Waals surface area contributed by atoms with Crippen LogP contribution in [0.2, 0.25) is 10.0 Å². The van der Waals surface area contributed by atoms with Gasteiger partial charge >= 0.3 is 0 Å². The van der Waals surface area contributed by atoms with E-state index in [-0.39, 0.29) is 5.91 Å². The number of rotatable bonds is 3. The van der Waals surface area contributed by atoms with E-state index in [0.717, 1.165) is 6.42 Å². The van der Waals surface area contributed by atoms with Crippen molar-refractivity contribution in [2.45, 2.75) is 13.0 Å². The first-order valence-electron chi connectivity index (χ1n) is 8.51. The number of halogens is 2. The molecule has 0 aliphatic carbocycles. The fraction of sp³-hybridized carbons (Fsp3) is 0.150. The summed E-state index contributed by atoms with van der Waals surface area (Å²) in [6.45, 7) is 1.27. The van der Waals surface area contributed by atoms with E-state index >= 15 is 0 Å². The van der Waals surface area contributed by atoms with Gasteiger partial charge in [0.25, 0.3) is 5.91 Å². The maximum Gasteiger partial charge on any atom is 0.274 e. The van der Waals surface area contributed by atoms with Crippen LogP contribution in [-0.2, 0) is 13.0 Å². The molecule has 27 heavy (non-hydrogen) atoms. The normalized spacial score (nSPS) is 13.2. The van der Waals surface area contributed by atoms with Gasteiger partial charge in [0.05, 0.1) is 28.1 Å². The number of hydrogen-bond donors (Lipinski definition) is 1. The van der Waals surface area contributed by atoms with E-state index in [1.165, 1.54) is 23.5 Å². The average Bonchev–Trinajstić information content (AvgIpc) is 2.71. The van der Waals surface area contributed by atoms with Gasteiger partial charge < -0.3 is 10.2 Å². The molecule has 1 aromatic heterocycles. The number of carbonyl (C=O) groups is 1. The zero-order valence-electron chi connectivity index (χ0n) is 14.3. The Hall–Kier alpha value is -2.63. The summed E-state index contributed by atoms with van der Waals surface area (Å²) in [5, 5.41) is 3.92. The van der Waals surface area contributed by atoms with Crippen molar-refractivity contribution in [3.63, 3.8) is 0 Å². The molecule has 1 aliphatic heterocycles. The number of benzene rings is 2. The molecule has 0 radical (unpaired) electrons. The summed E-state index contributed by atoms with van der Waals surface area (Å²) in [6, 6.07) is 13.5. The fourth-order valence-electron chi connectivity index (χ4n) is 3.07. The highest BCUT2D eigenvalue weighted by Gasteiger charge is 2.22. The van der Waals surface area contributed by atoms with Crippen molar-refractivity contribution in [2.24, 2.45) is 0 Å². The molecule has 2 aromatic carbocycles. The summed E-state index contributed by atoms with van der Waals surface area (Å²) in [5.74, 6) is 0.365. The molecule has 2 heterocycles. The smallest absolute Gasteiger partial charge is 0.274 e. The lowest BCUT2D eigenvalue weighted by atomic mass is 10.00. The summed E-state index contributed by atoms with van der Waals surface area (Å²) < 4.78 is 0. The first kappa shape index (κ1) is 17.8. The zero-order valence-corrected chi connectivity index (χ0v) is 15.8. The van der Waals surface area contributed by atoms with E-state index in [4.69, 9.17) is 23.2 Å². The molecule has 0 atom stereocenters. The zero-order chi connectivity index (χ0) is 18.8. The minimum absolute atomic E-state index is 0.121. The highest BCUT2D eigenvalue weighted by Crippen LogP contribution is 2.31. The second-order valence-electron chi connectivity index (χ2n) is 6.26. The van der Waals surface area contributed by atoms with Crippen LogP contribution in [0.15, 0.2) is 54.9 Å². The number of hydrogen-bond acceptors (Lipinski definition) is 4. The summed E-state index contributed by atoms with van der Waals surface area (Å²) in [6.07, 6.45) is 3.84. The van der Waals surface area contributed by atoms with Crippen molar-refractivity contribution < 1.29 is 4.79 Å². The standard InChI is InChI=1S/C20H16Cl2N4O/c21-15-6-3-7-16(19(15)22)25-18-11-23-17(10-24-18)20(27)26-9-8-13-4-1-2-5-14(13)12-26/h1-7,10-11H,8-9,12H2,(H,24,25). The van der Waals surface area contributed by atoms with Crippen LogP contribution in [0.4, 0.5) is 11.5 Å². The summed E-state index contributed by atoms with van der Waals surface area (Å²) >= 11 is 12.2. The van der Waals surface area contributed by atoms with E-state index in [9.17, 15) is 4.79 Å². The monoisotopic (exact) mass is 398 g/mol. The third-order valence-electron chi connectivity index (χ3n) is 4.50. The van der Waals surface area contributed by atoms with Gasteiger partial charge in [-0.15, -0.1) is 0 Å². The molecule has 1 aliphatic rings. The lowest BCUT2D eigenvalue weighted by molar-refractivity contribution is 0.0728. The summed E-state index contributed by atoms with van der Waals surface area (Å²) in [4.78, 5) is 23.1. The SMILES string of the molecule is O=C(c1cnc(Nc2cccc(Cl)c2Cl)cn1)N1CCc2ccccc2C1. The van der Waals surface area contributed by atoms with Crippen molar-refractivity contribution in [1.82, 2.24) is 14.9 Å². The van der Waals surface area contributed by atoms with Crippen molar-refractivity contribution in [1.29, 1.82) is 0 Å². The highest BCUT2D eigenvalue weighted by molar-refractivity contribution is 6.43. The predicted molar refractivity (Wildman–Crippen MR) is 107 cm³/mol. The van der Waals surface area contributed by atoms with Crippen LogP contribution >= 0.6 is 23.2 Å². The van der Waals surface area contributed by atoms with E-state index in [2.05, 4.69) is 27.4 Å². The fourth-order valence-corrected chi connectivity index (χ4v) is 3.42. The molecule has 0 fully saturated rings. The number of carbonyl (C=O) groups excluding carboxylic acids is 1. The molecule has 0 unspecified atom stereocenters. The van der Waals surface area contributed by atoms with E-state index < -0.39 is 0 Å². The number of nitrogens with one attached hydrogen (secondary N) is 1. The Labute approximate surface area is 167 Å². The molecule has 1 N–H and O–H groups in total. The third-order valence-corrected chi connectivity index (χ3v) is 5.32. The first-order valence-corrected chi connectivity index (χ1v) is 9.26. The maximum atomic E-state index is 12.7. The average molecular weight is 399 g/mol. The van der Waals surface area contributed by atoms with Crippen LogP contribution < -0.4 is 5.32 Å². The maximum absolute atomic E-state index is 12.7. The van der Waals surface area contributed by atoms with Crippen LogP contribution in [0.5, 0.6) is 0 Å². The van der Waals surface area contributed by atoms with Gasteiger partial charge in [0, 0.05) is 13.1 Å². The minimum atomic E-state index is -0.121. The van der Waals surface area contributed by atoms with Gasteiger partial charge in [-0.3, -0.25) is 4.79 Å². The van der Waals surface area contributed by atoms with Gasteiger partial charge in [-0.1, -0.05) is 53.5 Å². The lowest BCUT2D eigenvalue weighted by Gasteiger charge is -2.28. The Bertz CT molecular complexity index is 992. The van der Waals surface area contributed by atoms with Crippen molar-refractivity contribution >= 4 is 40.6 Å². The Morgan fingerprint density at radius 3 is 2.59 bits per heavy atom. The number of fused-ring (bicyclic) bond motifs is 1. The Kier molecular flexibility index (Phi) is 4.97. The van der Waals surface area contributed by atoms with E-state index in [1.54, 1.807) is 23.1 Å². The van der Waals surface area contributed by atoms with Crippen molar-refractivity contribution in [3.8, 4) is 0 Å². The summed E-state index contributed by atoms with van der Waals surface area (Å²) in [5.41, 5.74) is 3.42. The molecule has 136 valence electrons.